The van der Waals surface area contributed by atoms with Gasteiger partial charge in [-0.15, -0.1) is 0 Å². The lowest BCUT2D eigenvalue weighted by atomic mass is 10.0. The third-order valence-electron chi connectivity index (χ3n) is 5.12. The average Bonchev–Trinajstić information content (AvgIpc) is 2.67. The molecule has 1 atom stereocenters. The number of carbonyl (C=O) groups is 2. The van der Waals surface area contributed by atoms with Crippen LogP contribution in [0, 0.1) is 0 Å². The SMILES string of the molecule is CN(C)c1ccc([C@H](CNC(=O)C(=O)NCCO)[NH+]2CC[NH+](C)CC2)cc1. The quantitative estimate of drug-likeness (QED) is 0.317. The fourth-order valence-electron chi connectivity index (χ4n) is 3.37. The van der Waals surface area contributed by atoms with Gasteiger partial charge < -0.3 is 30.4 Å². The molecule has 8 nitrogen and oxygen atoms in total. The predicted molar refractivity (Wildman–Crippen MR) is 104 cm³/mol. The van der Waals surface area contributed by atoms with Crippen LogP contribution in [-0.2, 0) is 9.59 Å². The number of hydrogen-bond donors (Lipinski definition) is 5. The lowest BCUT2D eigenvalue weighted by Gasteiger charge is -2.33. The number of aliphatic hydroxyl groups is 1. The van der Waals surface area contributed by atoms with Crippen LogP contribution in [0.15, 0.2) is 24.3 Å². The molecule has 1 heterocycles. The lowest BCUT2D eigenvalue weighted by Crippen LogP contribution is -3.27. The molecule has 0 bridgehead atoms. The first-order chi connectivity index (χ1) is 12.9. The number of nitrogens with zero attached hydrogens (tertiary/aromatic N) is 1. The van der Waals surface area contributed by atoms with Crippen molar-refractivity contribution in [3.8, 4) is 0 Å². The normalized spacial score (nSPS) is 20.6. The molecule has 1 saturated heterocycles. The molecule has 27 heavy (non-hydrogen) atoms. The number of piperazine rings is 1. The molecule has 150 valence electrons. The summed E-state index contributed by atoms with van der Waals surface area (Å²) in [5, 5.41) is 13.9. The van der Waals surface area contributed by atoms with Gasteiger partial charge in [-0.25, -0.2) is 0 Å². The van der Waals surface area contributed by atoms with Crippen molar-refractivity contribution < 1.29 is 24.5 Å². The third kappa shape index (κ3) is 6.20. The molecule has 2 rings (SSSR count). The molecule has 2 amide bonds. The van der Waals surface area contributed by atoms with Crippen molar-refractivity contribution in [2.24, 2.45) is 0 Å². The average molecular weight is 380 g/mol. The highest BCUT2D eigenvalue weighted by atomic mass is 16.3. The Labute approximate surface area is 161 Å². The van der Waals surface area contributed by atoms with Crippen LogP contribution >= 0.6 is 0 Å². The first-order valence-corrected chi connectivity index (χ1v) is 9.52. The van der Waals surface area contributed by atoms with E-state index in [1.54, 1.807) is 0 Å². The van der Waals surface area contributed by atoms with E-state index in [0.717, 1.165) is 37.4 Å². The molecule has 1 aliphatic rings. The van der Waals surface area contributed by atoms with Gasteiger partial charge in [-0.2, -0.15) is 0 Å². The number of anilines is 1. The maximum Gasteiger partial charge on any atom is 0.309 e. The second kappa shape index (κ2) is 10.2. The van der Waals surface area contributed by atoms with E-state index in [4.69, 9.17) is 5.11 Å². The summed E-state index contributed by atoms with van der Waals surface area (Å²) in [4.78, 5) is 28.8. The molecule has 8 heteroatoms. The minimum Gasteiger partial charge on any atom is -0.395 e. The summed E-state index contributed by atoms with van der Waals surface area (Å²) in [7, 11) is 6.21. The number of nitrogens with one attached hydrogen (secondary N) is 4. The monoisotopic (exact) mass is 379 g/mol. The molecule has 0 aliphatic carbocycles. The molecule has 1 aromatic rings. The summed E-state index contributed by atoms with van der Waals surface area (Å²) in [5.74, 6) is -1.36. The van der Waals surface area contributed by atoms with Crippen LogP contribution in [0.1, 0.15) is 11.6 Å². The molecular formula is C19H33N5O3+2. The van der Waals surface area contributed by atoms with E-state index >= 15 is 0 Å². The van der Waals surface area contributed by atoms with Crippen LogP contribution in [0.25, 0.3) is 0 Å². The van der Waals surface area contributed by atoms with Crippen LogP contribution < -0.4 is 25.3 Å². The first kappa shape index (κ1) is 21.1. The molecule has 0 aromatic heterocycles. The molecule has 0 radical (unpaired) electrons. The van der Waals surface area contributed by atoms with E-state index in [1.165, 1.54) is 9.80 Å². The molecule has 0 unspecified atom stereocenters. The Morgan fingerprint density at radius 3 is 2.22 bits per heavy atom. The zero-order chi connectivity index (χ0) is 19.8. The van der Waals surface area contributed by atoms with E-state index < -0.39 is 11.8 Å². The van der Waals surface area contributed by atoms with E-state index in [-0.39, 0.29) is 19.2 Å². The van der Waals surface area contributed by atoms with Gasteiger partial charge in [0, 0.05) is 31.9 Å². The number of benzene rings is 1. The minimum absolute atomic E-state index is 0.0775. The third-order valence-corrected chi connectivity index (χ3v) is 5.12. The van der Waals surface area contributed by atoms with Crippen molar-refractivity contribution in [1.29, 1.82) is 0 Å². The molecule has 1 aromatic carbocycles. The molecule has 1 fully saturated rings. The minimum atomic E-state index is -0.705. The largest absolute Gasteiger partial charge is 0.395 e. The predicted octanol–water partition coefficient (Wildman–Crippen LogP) is -3.57. The highest BCUT2D eigenvalue weighted by Crippen LogP contribution is 2.16. The number of carbonyl (C=O) groups excluding carboxylic acids is 2. The summed E-state index contributed by atoms with van der Waals surface area (Å²) in [6.07, 6.45) is 0. The Kier molecular flexibility index (Phi) is 8.02. The van der Waals surface area contributed by atoms with E-state index in [0.29, 0.717) is 6.54 Å². The Bertz CT molecular complexity index is 612. The van der Waals surface area contributed by atoms with Crippen LogP contribution in [0.5, 0.6) is 0 Å². The number of amides is 2. The van der Waals surface area contributed by atoms with Crippen molar-refractivity contribution in [3.05, 3.63) is 29.8 Å². The topological polar surface area (TPSA) is 90.5 Å². The summed E-state index contributed by atoms with van der Waals surface area (Å²) in [6.45, 7) is 4.53. The van der Waals surface area contributed by atoms with Gasteiger partial charge in [-0.05, 0) is 12.1 Å². The summed E-state index contributed by atoms with van der Waals surface area (Å²) < 4.78 is 0. The molecule has 0 spiro atoms. The summed E-state index contributed by atoms with van der Waals surface area (Å²) >= 11 is 0. The van der Waals surface area contributed by atoms with E-state index in [1.807, 2.05) is 14.1 Å². The number of likely N-dealkylation sites (N-methyl/N-ethyl adjacent to an activating group) is 1. The Balaban J connectivity index is 2.07. The van der Waals surface area contributed by atoms with E-state index in [2.05, 4.69) is 46.8 Å². The Hall–Kier alpha value is -2.16. The van der Waals surface area contributed by atoms with Crippen LogP contribution in [-0.4, -0.2) is 83.9 Å². The Morgan fingerprint density at radius 2 is 1.67 bits per heavy atom. The highest BCUT2D eigenvalue weighted by Gasteiger charge is 2.30. The van der Waals surface area contributed by atoms with Crippen molar-refractivity contribution in [2.45, 2.75) is 6.04 Å². The molecule has 0 saturated carbocycles. The van der Waals surface area contributed by atoms with Crippen molar-refractivity contribution in [2.75, 3.05) is 71.9 Å². The number of aliphatic hydroxyl groups excluding tert-OH is 1. The second-order valence-electron chi connectivity index (χ2n) is 7.34. The highest BCUT2D eigenvalue weighted by molar-refractivity contribution is 6.35. The second-order valence-corrected chi connectivity index (χ2v) is 7.34. The number of hydrogen-bond acceptors (Lipinski definition) is 4. The fraction of sp³-hybridized carbons (Fsp3) is 0.579. The van der Waals surface area contributed by atoms with E-state index in [9.17, 15) is 9.59 Å². The summed E-state index contributed by atoms with van der Waals surface area (Å²) in [5.41, 5.74) is 2.29. The fourth-order valence-corrected chi connectivity index (χ4v) is 3.37. The van der Waals surface area contributed by atoms with Crippen LogP contribution in [0.4, 0.5) is 5.69 Å². The lowest BCUT2D eigenvalue weighted by molar-refractivity contribution is -1.02. The van der Waals surface area contributed by atoms with Crippen LogP contribution in [0.2, 0.25) is 0 Å². The molecule has 5 N–H and O–H groups in total. The van der Waals surface area contributed by atoms with Gasteiger partial charge in [-0.1, -0.05) is 12.1 Å². The zero-order valence-electron chi connectivity index (χ0n) is 16.5. The smallest absolute Gasteiger partial charge is 0.309 e. The zero-order valence-corrected chi connectivity index (χ0v) is 16.5. The molecule has 1 aliphatic heterocycles. The van der Waals surface area contributed by atoms with Gasteiger partial charge in [0.1, 0.15) is 32.2 Å². The number of quaternary nitrogens is 2. The van der Waals surface area contributed by atoms with Gasteiger partial charge in [0.05, 0.1) is 20.2 Å². The maximum atomic E-state index is 12.0. The standard InChI is InChI=1S/C19H31N5O3/c1-22(2)16-6-4-15(5-7-16)17(24-11-9-23(3)10-12-24)14-21-19(27)18(26)20-8-13-25/h4-7,17,25H,8-14H2,1-3H3,(H,20,26)(H,21,27)/p+2/t17-/m0/s1. The summed E-state index contributed by atoms with van der Waals surface area (Å²) in [6, 6.07) is 8.48. The van der Waals surface area contributed by atoms with Crippen molar-refractivity contribution in [3.63, 3.8) is 0 Å². The van der Waals surface area contributed by atoms with Crippen molar-refractivity contribution in [1.82, 2.24) is 10.6 Å². The Morgan fingerprint density at radius 1 is 1.07 bits per heavy atom. The van der Waals surface area contributed by atoms with Gasteiger partial charge in [0.2, 0.25) is 0 Å². The van der Waals surface area contributed by atoms with Crippen LogP contribution in [0.3, 0.4) is 0 Å². The molecular weight excluding hydrogens is 346 g/mol. The van der Waals surface area contributed by atoms with Gasteiger partial charge in [0.15, 0.2) is 0 Å². The van der Waals surface area contributed by atoms with Gasteiger partial charge in [0.25, 0.3) is 0 Å². The first-order valence-electron chi connectivity index (χ1n) is 9.52. The number of rotatable bonds is 7. The van der Waals surface area contributed by atoms with Gasteiger partial charge >= 0.3 is 11.8 Å². The van der Waals surface area contributed by atoms with Crippen molar-refractivity contribution >= 4 is 17.5 Å². The van der Waals surface area contributed by atoms with Gasteiger partial charge in [-0.3, -0.25) is 9.59 Å². The maximum absolute atomic E-state index is 12.0.